The highest BCUT2D eigenvalue weighted by molar-refractivity contribution is 6.29. The van der Waals surface area contributed by atoms with Gasteiger partial charge in [0.2, 0.25) is 11.9 Å². The summed E-state index contributed by atoms with van der Waals surface area (Å²) in [4.78, 5) is 24.3. The third-order valence-electron chi connectivity index (χ3n) is 3.74. The Bertz CT molecular complexity index is 700. The van der Waals surface area contributed by atoms with Gasteiger partial charge in [-0.05, 0) is 25.0 Å². The molecule has 6 nitrogen and oxygen atoms in total. The van der Waals surface area contributed by atoms with Crippen molar-refractivity contribution in [2.75, 3.05) is 10.6 Å². The fraction of sp³-hybridized carbons (Fsp3) is 0.467. The normalized spacial score (nSPS) is 15.7. The Morgan fingerprint density at radius 1 is 1.18 bits per heavy atom. The van der Waals surface area contributed by atoms with Crippen molar-refractivity contribution in [1.29, 1.82) is 0 Å². The Morgan fingerprint density at radius 2 is 1.95 bits per heavy atom. The van der Waals surface area contributed by atoms with Crippen LogP contribution in [-0.2, 0) is 4.79 Å². The third-order valence-corrected chi connectivity index (χ3v) is 3.95. The van der Waals surface area contributed by atoms with E-state index in [0.29, 0.717) is 28.0 Å². The number of hydrogen-bond acceptors (Lipinski definition) is 5. The number of amides is 1. The van der Waals surface area contributed by atoms with Crippen LogP contribution in [0, 0.1) is 0 Å². The number of rotatable bonds is 3. The quantitative estimate of drug-likeness (QED) is 0.848. The molecule has 1 amide bonds. The molecule has 1 fully saturated rings. The number of fused-ring (bicyclic) bond motifs is 1. The summed E-state index contributed by atoms with van der Waals surface area (Å²) in [6.45, 7) is 1.43. The maximum Gasteiger partial charge on any atom is 0.232 e. The van der Waals surface area contributed by atoms with Gasteiger partial charge in [0.25, 0.3) is 0 Å². The molecule has 0 radical (unpaired) electrons. The summed E-state index contributed by atoms with van der Waals surface area (Å²) < 4.78 is 0. The van der Waals surface area contributed by atoms with Gasteiger partial charge in [0, 0.05) is 13.0 Å². The minimum absolute atomic E-state index is 0.204. The van der Waals surface area contributed by atoms with Crippen molar-refractivity contribution in [2.45, 2.75) is 45.1 Å². The summed E-state index contributed by atoms with van der Waals surface area (Å²) in [5.74, 6) is 0.704. The van der Waals surface area contributed by atoms with Crippen LogP contribution in [0.1, 0.15) is 39.0 Å². The Labute approximate surface area is 133 Å². The summed E-state index contributed by atoms with van der Waals surface area (Å²) >= 11 is 5.99. The largest absolute Gasteiger partial charge is 0.365 e. The number of pyridine rings is 1. The number of nitrogens with one attached hydrogen (secondary N) is 2. The summed E-state index contributed by atoms with van der Waals surface area (Å²) in [5.41, 5.74) is 1.29. The van der Waals surface area contributed by atoms with Crippen molar-refractivity contribution in [1.82, 2.24) is 15.0 Å². The molecule has 0 unspecified atom stereocenters. The van der Waals surface area contributed by atoms with Gasteiger partial charge in [0.15, 0.2) is 5.82 Å². The predicted octanol–water partition coefficient (Wildman–Crippen LogP) is 3.38. The molecule has 116 valence electrons. The van der Waals surface area contributed by atoms with Gasteiger partial charge in [-0.1, -0.05) is 30.9 Å². The summed E-state index contributed by atoms with van der Waals surface area (Å²) in [5, 5.41) is 6.47. The molecule has 2 aromatic heterocycles. The topological polar surface area (TPSA) is 79.8 Å². The van der Waals surface area contributed by atoms with Crippen molar-refractivity contribution >= 4 is 40.3 Å². The second-order valence-electron chi connectivity index (χ2n) is 5.56. The highest BCUT2D eigenvalue weighted by atomic mass is 35.5. The molecule has 2 N–H and O–H groups in total. The molecule has 0 atom stereocenters. The Kier molecular flexibility index (Phi) is 4.38. The van der Waals surface area contributed by atoms with Crippen LogP contribution in [0.2, 0.25) is 5.15 Å². The molecule has 1 saturated carbocycles. The van der Waals surface area contributed by atoms with E-state index >= 15 is 0 Å². The van der Waals surface area contributed by atoms with Gasteiger partial charge in [-0.15, -0.1) is 0 Å². The molecule has 0 spiro atoms. The van der Waals surface area contributed by atoms with Crippen molar-refractivity contribution in [3.63, 3.8) is 0 Å². The van der Waals surface area contributed by atoms with E-state index in [1.54, 1.807) is 12.1 Å². The molecule has 22 heavy (non-hydrogen) atoms. The fourth-order valence-corrected chi connectivity index (χ4v) is 2.89. The number of anilines is 2. The van der Waals surface area contributed by atoms with E-state index < -0.39 is 0 Å². The van der Waals surface area contributed by atoms with E-state index in [4.69, 9.17) is 11.6 Å². The zero-order valence-corrected chi connectivity index (χ0v) is 13.2. The second kappa shape index (κ2) is 6.44. The van der Waals surface area contributed by atoms with E-state index in [9.17, 15) is 4.79 Å². The predicted molar refractivity (Wildman–Crippen MR) is 87.1 cm³/mol. The second-order valence-corrected chi connectivity index (χ2v) is 5.95. The van der Waals surface area contributed by atoms with Crippen LogP contribution in [0.25, 0.3) is 11.0 Å². The zero-order chi connectivity index (χ0) is 15.5. The maximum absolute atomic E-state index is 11.3. The first-order valence-electron chi connectivity index (χ1n) is 7.50. The van der Waals surface area contributed by atoms with E-state index in [1.165, 1.54) is 26.2 Å². The van der Waals surface area contributed by atoms with Crippen LogP contribution in [0.15, 0.2) is 12.1 Å². The van der Waals surface area contributed by atoms with Gasteiger partial charge in [0.1, 0.15) is 10.7 Å². The average molecular weight is 320 g/mol. The number of hydrogen-bond donors (Lipinski definition) is 2. The lowest BCUT2D eigenvalue weighted by Gasteiger charge is -2.23. The maximum atomic E-state index is 11.3. The number of nitrogens with zero attached hydrogens (tertiary/aromatic N) is 3. The molecule has 3 rings (SSSR count). The molecule has 0 saturated heterocycles. The van der Waals surface area contributed by atoms with Crippen molar-refractivity contribution in [2.24, 2.45) is 0 Å². The third kappa shape index (κ3) is 3.44. The molecular weight excluding hydrogens is 302 g/mol. The van der Waals surface area contributed by atoms with Gasteiger partial charge in [-0.25, -0.2) is 9.97 Å². The zero-order valence-electron chi connectivity index (χ0n) is 12.4. The van der Waals surface area contributed by atoms with Gasteiger partial charge >= 0.3 is 0 Å². The van der Waals surface area contributed by atoms with E-state index in [-0.39, 0.29) is 11.9 Å². The van der Waals surface area contributed by atoms with Crippen molar-refractivity contribution < 1.29 is 4.79 Å². The van der Waals surface area contributed by atoms with Gasteiger partial charge < -0.3 is 5.32 Å². The van der Waals surface area contributed by atoms with Gasteiger partial charge in [-0.2, -0.15) is 4.98 Å². The van der Waals surface area contributed by atoms with Gasteiger partial charge in [-0.3, -0.25) is 10.1 Å². The smallest absolute Gasteiger partial charge is 0.232 e. The minimum Gasteiger partial charge on any atom is -0.365 e. The van der Waals surface area contributed by atoms with Crippen molar-refractivity contribution in [3.8, 4) is 0 Å². The summed E-state index contributed by atoms with van der Waals surface area (Å²) in [6, 6.07) is 3.83. The first-order chi connectivity index (χ1) is 10.6. The first kappa shape index (κ1) is 15.0. The van der Waals surface area contributed by atoms with Crippen LogP contribution in [0.3, 0.4) is 0 Å². The average Bonchev–Trinajstić information content (AvgIpc) is 2.48. The lowest BCUT2D eigenvalue weighted by Crippen LogP contribution is -2.23. The molecule has 0 aliphatic heterocycles. The minimum atomic E-state index is -0.204. The van der Waals surface area contributed by atoms with Crippen LogP contribution in [-0.4, -0.2) is 26.9 Å². The molecular formula is C15H18ClN5O. The first-order valence-corrected chi connectivity index (χ1v) is 7.88. The molecule has 1 aliphatic rings. The molecule has 2 aromatic rings. The number of aromatic nitrogens is 3. The Hall–Kier alpha value is -1.95. The summed E-state index contributed by atoms with van der Waals surface area (Å²) in [6.07, 6.45) is 5.94. The highest BCUT2D eigenvalue weighted by Gasteiger charge is 2.17. The molecule has 1 aliphatic carbocycles. The van der Waals surface area contributed by atoms with E-state index in [0.717, 1.165) is 12.8 Å². The molecule has 7 heteroatoms. The monoisotopic (exact) mass is 319 g/mol. The lowest BCUT2D eigenvalue weighted by molar-refractivity contribution is -0.114. The standard InChI is InChI=1S/C15H18ClN5O/c1-9(22)17-15-19-11-7-8-12(16)20-13(11)14(21-15)18-10-5-3-2-4-6-10/h7-8,10H,2-6H2,1H3,(H2,17,18,19,21,22). The van der Waals surface area contributed by atoms with Gasteiger partial charge in [0.05, 0.1) is 5.52 Å². The Balaban J connectivity index is 1.99. The number of carbonyl (C=O) groups is 1. The van der Waals surface area contributed by atoms with Crippen LogP contribution >= 0.6 is 11.6 Å². The lowest BCUT2D eigenvalue weighted by atomic mass is 9.95. The van der Waals surface area contributed by atoms with Crippen molar-refractivity contribution in [3.05, 3.63) is 17.3 Å². The van der Waals surface area contributed by atoms with E-state index in [2.05, 4.69) is 25.6 Å². The molecule has 0 bridgehead atoms. The number of halogens is 1. The molecule has 0 aromatic carbocycles. The fourth-order valence-electron chi connectivity index (χ4n) is 2.74. The number of carbonyl (C=O) groups excluding carboxylic acids is 1. The van der Waals surface area contributed by atoms with E-state index in [1.807, 2.05) is 0 Å². The van der Waals surface area contributed by atoms with Crippen LogP contribution < -0.4 is 10.6 Å². The van der Waals surface area contributed by atoms with Crippen LogP contribution in [0.4, 0.5) is 11.8 Å². The SMILES string of the molecule is CC(=O)Nc1nc(NC2CCCCC2)c2nc(Cl)ccc2n1. The summed E-state index contributed by atoms with van der Waals surface area (Å²) in [7, 11) is 0. The molecule has 2 heterocycles. The van der Waals surface area contributed by atoms with Crippen LogP contribution in [0.5, 0.6) is 0 Å². The highest BCUT2D eigenvalue weighted by Crippen LogP contribution is 2.26. The Morgan fingerprint density at radius 3 is 2.68 bits per heavy atom.